The summed E-state index contributed by atoms with van der Waals surface area (Å²) in [7, 11) is -2.83. The molecule has 6 nitrogen and oxygen atoms in total. The lowest BCUT2D eigenvalue weighted by molar-refractivity contribution is -0.0756. The highest BCUT2D eigenvalue weighted by molar-refractivity contribution is 6.24. The second-order valence-electron chi connectivity index (χ2n) is 1.85. The molecule has 0 aromatic heterocycles. The molecule has 0 radical (unpaired) electrons. The quantitative estimate of drug-likeness (QED) is 0.390. The summed E-state index contributed by atoms with van der Waals surface area (Å²) in [6.07, 6.45) is -0.577. The SMILES string of the molecule is CCOC(C)O[Si](=O)O.OCCO. The normalized spacial score (nSPS) is 11.1. The van der Waals surface area contributed by atoms with Crippen molar-refractivity contribution >= 4 is 9.17 Å². The van der Waals surface area contributed by atoms with Gasteiger partial charge in [-0.15, -0.1) is 0 Å². The van der Waals surface area contributed by atoms with Gasteiger partial charge in [0.15, 0.2) is 6.29 Å². The number of aliphatic hydroxyl groups excluding tert-OH is 2. The molecule has 0 saturated heterocycles. The van der Waals surface area contributed by atoms with E-state index in [-0.39, 0.29) is 13.2 Å². The molecule has 80 valence electrons. The van der Waals surface area contributed by atoms with Gasteiger partial charge in [0.1, 0.15) is 0 Å². The molecule has 0 bridgehead atoms. The van der Waals surface area contributed by atoms with Crippen LogP contribution in [-0.2, 0) is 13.6 Å². The van der Waals surface area contributed by atoms with Gasteiger partial charge in [-0.05, 0) is 13.8 Å². The van der Waals surface area contributed by atoms with Crippen molar-refractivity contribution in [2.24, 2.45) is 0 Å². The molecule has 1 atom stereocenters. The van der Waals surface area contributed by atoms with Crippen LogP contribution in [0.25, 0.3) is 0 Å². The summed E-state index contributed by atoms with van der Waals surface area (Å²) in [6, 6.07) is 0. The van der Waals surface area contributed by atoms with E-state index in [4.69, 9.17) is 19.7 Å². The van der Waals surface area contributed by atoms with Crippen molar-refractivity contribution in [2.75, 3.05) is 19.8 Å². The molecule has 0 spiro atoms. The molecular formula is C6H16O6Si. The van der Waals surface area contributed by atoms with Crippen LogP contribution in [0.2, 0.25) is 0 Å². The van der Waals surface area contributed by atoms with Crippen LogP contribution in [0.4, 0.5) is 0 Å². The number of ether oxygens (including phenoxy) is 1. The van der Waals surface area contributed by atoms with Gasteiger partial charge in [-0.1, -0.05) is 0 Å². The van der Waals surface area contributed by atoms with Gasteiger partial charge in [0.25, 0.3) is 0 Å². The monoisotopic (exact) mass is 212 g/mol. The molecule has 1 unspecified atom stereocenters. The molecule has 0 saturated carbocycles. The van der Waals surface area contributed by atoms with Gasteiger partial charge in [-0.2, -0.15) is 0 Å². The summed E-state index contributed by atoms with van der Waals surface area (Å²) in [5, 5.41) is 15.2. The molecule has 0 rings (SSSR count). The maximum Gasteiger partial charge on any atom is 0.766 e. The van der Waals surface area contributed by atoms with Gasteiger partial charge in [-0.25, -0.2) is 0 Å². The van der Waals surface area contributed by atoms with E-state index in [0.29, 0.717) is 6.61 Å². The van der Waals surface area contributed by atoms with Crippen LogP contribution in [0.1, 0.15) is 13.8 Å². The van der Waals surface area contributed by atoms with Crippen LogP contribution in [0, 0.1) is 0 Å². The number of rotatable bonds is 5. The fourth-order valence-corrected chi connectivity index (χ4v) is 0.763. The topological polar surface area (TPSA) is 96.2 Å². The number of aliphatic hydroxyl groups is 2. The van der Waals surface area contributed by atoms with Gasteiger partial charge in [-0.3, -0.25) is 4.46 Å². The van der Waals surface area contributed by atoms with E-state index in [1.54, 1.807) is 13.8 Å². The van der Waals surface area contributed by atoms with Crippen molar-refractivity contribution in [3.8, 4) is 0 Å². The van der Waals surface area contributed by atoms with Crippen molar-refractivity contribution in [1.29, 1.82) is 0 Å². The van der Waals surface area contributed by atoms with Crippen molar-refractivity contribution in [1.82, 2.24) is 0 Å². The predicted molar refractivity (Wildman–Crippen MR) is 45.0 cm³/mol. The molecule has 0 fully saturated rings. The highest BCUT2D eigenvalue weighted by Gasteiger charge is 2.09. The largest absolute Gasteiger partial charge is 0.766 e. The Kier molecular flexibility index (Phi) is 13.3. The highest BCUT2D eigenvalue weighted by Crippen LogP contribution is 1.90. The minimum Gasteiger partial charge on any atom is -0.511 e. The van der Waals surface area contributed by atoms with Gasteiger partial charge in [0, 0.05) is 6.61 Å². The molecule has 7 heteroatoms. The Morgan fingerprint density at radius 3 is 2.08 bits per heavy atom. The zero-order chi connectivity index (χ0) is 10.7. The maximum absolute atomic E-state index is 9.97. The standard InChI is InChI=1S/C4H10O4Si.C2H6O2/c1-3-7-4(2)8-9(5)6;3-1-2-4/h4-5H,3H2,1-2H3;3-4H,1-2H2. The zero-order valence-electron chi connectivity index (χ0n) is 7.77. The van der Waals surface area contributed by atoms with E-state index >= 15 is 0 Å². The van der Waals surface area contributed by atoms with Crippen LogP contribution in [0.3, 0.4) is 0 Å². The van der Waals surface area contributed by atoms with Crippen LogP contribution < -0.4 is 0 Å². The summed E-state index contributed by atoms with van der Waals surface area (Å²) < 4.78 is 19.1. The Balaban J connectivity index is 0. The Morgan fingerprint density at radius 2 is 1.85 bits per heavy atom. The van der Waals surface area contributed by atoms with E-state index in [0.717, 1.165) is 0 Å². The summed E-state index contributed by atoms with van der Waals surface area (Å²) in [5.41, 5.74) is 0. The number of hydrogen-bond donors (Lipinski definition) is 3. The molecule has 3 N–H and O–H groups in total. The second kappa shape index (κ2) is 11.5. The smallest absolute Gasteiger partial charge is 0.511 e. The fourth-order valence-electron chi connectivity index (χ4n) is 0.411. The van der Waals surface area contributed by atoms with Crippen LogP contribution in [0.15, 0.2) is 0 Å². The number of hydrogen-bond acceptors (Lipinski definition) is 5. The average Bonchev–Trinajstić information content (AvgIpc) is 2.04. The predicted octanol–water partition coefficient (Wildman–Crippen LogP) is -1.24. The lowest BCUT2D eigenvalue weighted by Gasteiger charge is -2.08. The van der Waals surface area contributed by atoms with Crippen LogP contribution >= 0.6 is 0 Å². The molecule has 0 aliphatic heterocycles. The van der Waals surface area contributed by atoms with Gasteiger partial charge in [0.05, 0.1) is 13.2 Å². The van der Waals surface area contributed by atoms with E-state index < -0.39 is 15.5 Å². The third-order valence-corrected chi connectivity index (χ3v) is 1.30. The molecule has 0 heterocycles. The Morgan fingerprint density at radius 1 is 1.38 bits per heavy atom. The molecule has 13 heavy (non-hydrogen) atoms. The lowest BCUT2D eigenvalue weighted by Crippen LogP contribution is -2.18. The Bertz CT molecular complexity index is 118. The second-order valence-corrected chi connectivity index (χ2v) is 2.62. The maximum atomic E-state index is 9.97. The van der Waals surface area contributed by atoms with Gasteiger partial charge >= 0.3 is 9.17 Å². The summed E-state index contributed by atoms with van der Waals surface area (Å²) in [4.78, 5) is 8.19. The molecule has 0 amide bonds. The van der Waals surface area contributed by atoms with Crippen LogP contribution in [-0.4, -0.2) is 50.3 Å². The molecule has 0 aliphatic carbocycles. The minimum atomic E-state index is -2.83. The van der Waals surface area contributed by atoms with Crippen LogP contribution in [0.5, 0.6) is 0 Å². The molecular weight excluding hydrogens is 196 g/mol. The van der Waals surface area contributed by atoms with Crippen molar-refractivity contribution in [2.45, 2.75) is 20.1 Å². The lowest BCUT2D eigenvalue weighted by atomic mass is 10.7. The van der Waals surface area contributed by atoms with E-state index in [9.17, 15) is 4.46 Å². The summed E-state index contributed by atoms with van der Waals surface area (Å²) >= 11 is 0. The molecule has 0 aliphatic rings. The first kappa shape index (κ1) is 15.0. The van der Waals surface area contributed by atoms with Crippen molar-refractivity contribution in [3.63, 3.8) is 0 Å². The van der Waals surface area contributed by atoms with Crippen molar-refractivity contribution in [3.05, 3.63) is 0 Å². The molecule has 0 aromatic rings. The summed E-state index contributed by atoms with van der Waals surface area (Å²) in [5.74, 6) is 0. The first-order valence-corrected chi connectivity index (χ1v) is 5.07. The van der Waals surface area contributed by atoms with Gasteiger partial charge < -0.3 is 24.2 Å². The first-order chi connectivity index (χ1) is 6.08. The van der Waals surface area contributed by atoms with E-state index in [1.165, 1.54) is 0 Å². The Labute approximate surface area is 78.6 Å². The third-order valence-electron chi connectivity index (χ3n) is 0.768. The average molecular weight is 212 g/mol. The van der Waals surface area contributed by atoms with E-state index in [2.05, 4.69) is 4.43 Å². The Hall–Kier alpha value is -0.503. The van der Waals surface area contributed by atoms with Crippen molar-refractivity contribution < 1.29 is 28.6 Å². The summed E-state index contributed by atoms with van der Waals surface area (Å²) in [6.45, 7) is 3.59. The molecule has 0 aromatic carbocycles. The van der Waals surface area contributed by atoms with Gasteiger partial charge in [0.2, 0.25) is 0 Å². The zero-order valence-corrected chi connectivity index (χ0v) is 8.77. The fraction of sp³-hybridized carbons (Fsp3) is 1.00. The van der Waals surface area contributed by atoms with E-state index in [1.807, 2.05) is 0 Å². The third kappa shape index (κ3) is 18.4. The highest BCUT2D eigenvalue weighted by atomic mass is 28.3. The first-order valence-electron chi connectivity index (χ1n) is 3.81. The minimum absolute atomic E-state index is 0.125.